The second kappa shape index (κ2) is 6.76. The fraction of sp³-hybridized carbons (Fsp3) is 0.417. The van der Waals surface area contributed by atoms with Crippen molar-refractivity contribution in [2.45, 2.75) is 31.7 Å². The summed E-state index contributed by atoms with van der Waals surface area (Å²) >= 11 is 12.6. The minimum Gasteiger partial charge on any atom is -0.350 e. The van der Waals surface area contributed by atoms with Gasteiger partial charge in [0.2, 0.25) is 0 Å². The van der Waals surface area contributed by atoms with Crippen LogP contribution in [0.3, 0.4) is 0 Å². The first-order valence-electron chi connectivity index (χ1n) is 5.29. The van der Waals surface area contributed by atoms with Crippen LogP contribution >= 0.6 is 43.5 Å². The minimum atomic E-state index is -0.0863. The third kappa shape index (κ3) is 5.40. The summed E-state index contributed by atoms with van der Waals surface area (Å²) in [7, 11) is 0. The molecule has 0 fully saturated rings. The quantitative estimate of drug-likeness (QED) is 0.770. The summed E-state index contributed by atoms with van der Waals surface area (Å²) in [5, 5.41) is 2.97. The van der Waals surface area contributed by atoms with E-state index in [1.54, 1.807) is 12.1 Å². The van der Waals surface area contributed by atoms with Crippen molar-refractivity contribution in [1.29, 1.82) is 0 Å². The van der Waals surface area contributed by atoms with Crippen molar-refractivity contribution >= 4 is 49.4 Å². The number of carbonyl (C=O) groups is 1. The fourth-order valence-corrected chi connectivity index (χ4v) is 3.10. The molecule has 2 unspecified atom stereocenters. The minimum absolute atomic E-state index is 0.0551. The highest BCUT2D eigenvalue weighted by molar-refractivity contribution is 9.11. The Morgan fingerprint density at radius 1 is 1.29 bits per heavy atom. The Morgan fingerprint density at radius 2 is 1.82 bits per heavy atom. The van der Waals surface area contributed by atoms with E-state index in [1.807, 2.05) is 19.9 Å². The predicted octanol–water partition coefficient (Wildman–Crippen LogP) is 4.35. The van der Waals surface area contributed by atoms with Gasteiger partial charge < -0.3 is 5.32 Å². The molecule has 0 aliphatic rings. The number of halogens is 3. The highest BCUT2D eigenvalue weighted by Gasteiger charge is 2.12. The van der Waals surface area contributed by atoms with Gasteiger partial charge in [-0.05, 0) is 38.5 Å². The Hall–Kier alpha value is -0.0600. The van der Waals surface area contributed by atoms with Crippen molar-refractivity contribution in [1.82, 2.24) is 5.32 Å². The number of rotatable bonds is 4. The predicted molar refractivity (Wildman–Crippen MR) is 78.7 cm³/mol. The van der Waals surface area contributed by atoms with E-state index in [2.05, 4.69) is 37.2 Å². The SMILES string of the molecule is CC(Cl)CC(C)NC(=O)c1cc(Br)cc(Br)c1. The van der Waals surface area contributed by atoms with Crippen LogP contribution in [0.25, 0.3) is 0 Å². The number of nitrogens with one attached hydrogen (secondary N) is 1. The van der Waals surface area contributed by atoms with Crippen molar-refractivity contribution in [2.24, 2.45) is 0 Å². The van der Waals surface area contributed by atoms with Crippen LogP contribution in [0.4, 0.5) is 0 Å². The van der Waals surface area contributed by atoms with Crippen molar-refractivity contribution < 1.29 is 4.79 Å². The molecule has 0 bridgehead atoms. The van der Waals surface area contributed by atoms with Crippen molar-refractivity contribution in [2.75, 3.05) is 0 Å². The van der Waals surface area contributed by atoms with E-state index >= 15 is 0 Å². The van der Waals surface area contributed by atoms with E-state index in [0.717, 1.165) is 15.4 Å². The Balaban J connectivity index is 2.69. The van der Waals surface area contributed by atoms with E-state index in [-0.39, 0.29) is 17.3 Å². The van der Waals surface area contributed by atoms with E-state index in [9.17, 15) is 4.79 Å². The first kappa shape index (κ1) is 15.0. The molecule has 0 aromatic heterocycles. The van der Waals surface area contributed by atoms with Gasteiger partial charge in [-0.2, -0.15) is 0 Å². The number of benzene rings is 1. The van der Waals surface area contributed by atoms with Crippen molar-refractivity contribution in [3.05, 3.63) is 32.7 Å². The Labute approximate surface area is 123 Å². The molecule has 1 N–H and O–H groups in total. The van der Waals surface area contributed by atoms with Gasteiger partial charge >= 0.3 is 0 Å². The highest BCUT2D eigenvalue weighted by Crippen LogP contribution is 2.20. The zero-order valence-corrected chi connectivity index (χ0v) is 13.6. The normalized spacial score (nSPS) is 14.2. The first-order valence-corrected chi connectivity index (χ1v) is 7.31. The van der Waals surface area contributed by atoms with Gasteiger partial charge in [-0.3, -0.25) is 4.79 Å². The molecule has 94 valence electrons. The molecule has 1 rings (SSSR count). The van der Waals surface area contributed by atoms with Gasteiger partial charge in [-0.1, -0.05) is 31.9 Å². The third-order valence-electron chi connectivity index (χ3n) is 2.18. The van der Waals surface area contributed by atoms with E-state index < -0.39 is 0 Å². The molecule has 0 heterocycles. The molecule has 2 nitrogen and oxygen atoms in total. The van der Waals surface area contributed by atoms with Gasteiger partial charge in [0.25, 0.3) is 5.91 Å². The molecule has 0 spiro atoms. The van der Waals surface area contributed by atoms with Gasteiger partial charge in [0.1, 0.15) is 0 Å². The number of carbonyl (C=O) groups excluding carboxylic acids is 1. The summed E-state index contributed by atoms with van der Waals surface area (Å²) in [6.45, 7) is 3.86. The van der Waals surface area contributed by atoms with E-state index in [4.69, 9.17) is 11.6 Å². The molecule has 1 amide bonds. The van der Waals surface area contributed by atoms with Crippen molar-refractivity contribution in [3.8, 4) is 0 Å². The lowest BCUT2D eigenvalue weighted by molar-refractivity contribution is 0.0938. The largest absolute Gasteiger partial charge is 0.350 e. The summed E-state index contributed by atoms with van der Waals surface area (Å²) in [6.07, 6.45) is 0.752. The second-order valence-electron chi connectivity index (χ2n) is 4.05. The lowest BCUT2D eigenvalue weighted by Gasteiger charge is -2.15. The second-order valence-corrected chi connectivity index (χ2v) is 6.63. The molecule has 1 aromatic carbocycles. The molecule has 0 saturated carbocycles. The summed E-state index contributed by atoms with van der Waals surface area (Å²) in [5.74, 6) is -0.0863. The van der Waals surface area contributed by atoms with Crippen LogP contribution in [-0.4, -0.2) is 17.3 Å². The monoisotopic (exact) mass is 381 g/mol. The van der Waals surface area contributed by atoms with Gasteiger partial charge in [0, 0.05) is 25.9 Å². The summed E-state index contributed by atoms with van der Waals surface area (Å²) in [6, 6.07) is 5.53. The average Bonchev–Trinajstić information content (AvgIpc) is 2.14. The van der Waals surface area contributed by atoms with Gasteiger partial charge in [0.05, 0.1) is 0 Å². The van der Waals surface area contributed by atoms with Crippen LogP contribution < -0.4 is 5.32 Å². The molecule has 2 atom stereocenters. The molecular weight excluding hydrogens is 369 g/mol. The molecule has 0 radical (unpaired) electrons. The van der Waals surface area contributed by atoms with Gasteiger partial charge in [-0.25, -0.2) is 0 Å². The van der Waals surface area contributed by atoms with Crippen LogP contribution in [0.5, 0.6) is 0 Å². The van der Waals surface area contributed by atoms with Crippen LogP contribution in [-0.2, 0) is 0 Å². The molecular formula is C12H14Br2ClNO. The summed E-state index contributed by atoms with van der Waals surface area (Å²) in [4.78, 5) is 11.9. The fourth-order valence-electron chi connectivity index (χ4n) is 1.54. The van der Waals surface area contributed by atoms with Gasteiger partial charge in [0.15, 0.2) is 0 Å². The average molecular weight is 384 g/mol. The Morgan fingerprint density at radius 3 is 2.29 bits per heavy atom. The molecule has 0 saturated heterocycles. The lowest BCUT2D eigenvalue weighted by atomic mass is 10.1. The maximum Gasteiger partial charge on any atom is 0.251 e. The number of hydrogen-bond acceptors (Lipinski definition) is 1. The molecule has 0 aliphatic heterocycles. The van der Waals surface area contributed by atoms with Crippen LogP contribution in [0.2, 0.25) is 0 Å². The van der Waals surface area contributed by atoms with Crippen LogP contribution in [0, 0.1) is 0 Å². The number of hydrogen-bond donors (Lipinski definition) is 1. The summed E-state index contributed by atoms with van der Waals surface area (Å²) < 4.78 is 1.74. The van der Waals surface area contributed by atoms with Crippen molar-refractivity contribution in [3.63, 3.8) is 0 Å². The Kier molecular flexibility index (Phi) is 5.97. The maximum atomic E-state index is 11.9. The zero-order chi connectivity index (χ0) is 13.0. The van der Waals surface area contributed by atoms with Crippen LogP contribution in [0.1, 0.15) is 30.6 Å². The molecule has 0 aliphatic carbocycles. The lowest BCUT2D eigenvalue weighted by Crippen LogP contribution is -2.33. The molecule has 1 aromatic rings. The molecule has 5 heteroatoms. The Bertz CT molecular complexity index is 389. The number of amides is 1. The zero-order valence-electron chi connectivity index (χ0n) is 9.64. The maximum absolute atomic E-state index is 11.9. The summed E-state index contributed by atoms with van der Waals surface area (Å²) in [5.41, 5.74) is 0.625. The number of alkyl halides is 1. The standard InChI is InChI=1S/C12H14Br2ClNO/c1-7(15)3-8(2)16-12(17)9-4-10(13)6-11(14)5-9/h4-8H,3H2,1-2H3,(H,16,17). The third-order valence-corrected chi connectivity index (χ3v) is 3.27. The van der Waals surface area contributed by atoms with E-state index in [1.165, 1.54) is 0 Å². The smallest absolute Gasteiger partial charge is 0.251 e. The first-order chi connectivity index (χ1) is 7.88. The molecule has 17 heavy (non-hydrogen) atoms. The topological polar surface area (TPSA) is 29.1 Å². The highest BCUT2D eigenvalue weighted by atomic mass is 79.9. The van der Waals surface area contributed by atoms with Gasteiger partial charge in [-0.15, -0.1) is 11.6 Å². The van der Waals surface area contributed by atoms with E-state index in [0.29, 0.717) is 5.56 Å². The van der Waals surface area contributed by atoms with Crippen LogP contribution in [0.15, 0.2) is 27.1 Å².